The van der Waals surface area contributed by atoms with Crippen LogP contribution in [0.1, 0.15) is 12.8 Å². The summed E-state index contributed by atoms with van der Waals surface area (Å²) in [6, 6.07) is 5.03. The molecule has 0 radical (unpaired) electrons. The fourth-order valence-corrected chi connectivity index (χ4v) is 1.21. The number of carboxylic acids is 1. The van der Waals surface area contributed by atoms with Gasteiger partial charge in [0.1, 0.15) is 5.75 Å². The van der Waals surface area contributed by atoms with Crippen LogP contribution in [0.25, 0.3) is 0 Å². The molecule has 1 aromatic carbocycles. The van der Waals surface area contributed by atoms with Crippen LogP contribution < -0.4 is 10.1 Å². The fraction of sp³-hybridized carbons (Fsp3) is 0.273. The van der Waals surface area contributed by atoms with Crippen molar-refractivity contribution in [3.05, 3.63) is 34.4 Å². The summed E-state index contributed by atoms with van der Waals surface area (Å²) in [6.07, 6.45) is -0.484. The van der Waals surface area contributed by atoms with E-state index in [0.717, 1.165) is 0 Å². The zero-order valence-electron chi connectivity index (χ0n) is 9.87. The highest BCUT2D eigenvalue weighted by atomic mass is 16.6. The summed E-state index contributed by atoms with van der Waals surface area (Å²) in [5.74, 6) is -0.771. The van der Waals surface area contributed by atoms with Gasteiger partial charge in [-0.2, -0.15) is 0 Å². The predicted octanol–water partition coefficient (Wildman–Crippen LogP) is 1.55. The lowest BCUT2D eigenvalue weighted by Crippen LogP contribution is -2.28. The van der Waals surface area contributed by atoms with Crippen molar-refractivity contribution in [2.24, 2.45) is 0 Å². The van der Waals surface area contributed by atoms with Gasteiger partial charge in [-0.15, -0.1) is 0 Å². The maximum absolute atomic E-state index is 11.3. The lowest BCUT2D eigenvalue weighted by molar-refractivity contribution is -0.384. The molecule has 19 heavy (non-hydrogen) atoms. The smallest absolute Gasteiger partial charge is 0.412 e. The summed E-state index contributed by atoms with van der Waals surface area (Å²) in [7, 11) is 0. The first-order valence-electron chi connectivity index (χ1n) is 5.41. The molecule has 0 atom stereocenters. The lowest BCUT2D eigenvalue weighted by Gasteiger charge is -2.05. The third kappa shape index (κ3) is 5.48. The average molecular weight is 268 g/mol. The van der Waals surface area contributed by atoms with Gasteiger partial charge in [0.2, 0.25) is 0 Å². The molecule has 0 aromatic heterocycles. The molecule has 0 aliphatic carbocycles. The minimum Gasteiger partial charge on any atom is -0.481 e. The Labute approximate surface area is 108 Å². The molecule has 0 heterocycles. The maximum atomic E-state index is 11.3. The summed E-state index contributed by atoms with van der Waals surface area (Å²) in [5.41, 5.74) is -0.103. The van der Waals surface area contributed by atoms with Crippen LogP contribution in [0.2, 0.25) is 0 Å². The first kappa shape index (κ1) is 14.4. The van der Waals surface area contributed by atoms with E-state index in [2.05, 4.69) is 5.32 Å². The minimum absolute atomic E-state index is 0.0438. The van der Waals surface area contributed by atoms with E-state index in [1.54, 1.807) is 0 Å². The first-order valence-corrected chi connectivity index (χ1v) is 5.41. The number of carboxylic acid groups (broad SMARTS) is 1. The topological polar surface area (TPSA) is 119 Å². The van der Waals surface area contributed by atoms with E-state index < -0.39 is 17.0 Å². The molecule has 1 amide bonds. The van der Waals surface area contributed by atoms with Gasteiger partial charge in [0.05, 0.1) is 4.92 Å². The number of amides is 1. The van der Waals surface area contributed by atoms with Crippen molar-refractivity contribution in [2.45, 2.75) is 12.8 Å². The Bertz CT molecular complexity index is 471. The molecule has 8 heteroatoms. The molecule has 0 saturated carbocycles. The van der Waals surface area contributed by atoms with E-state index in [0.29, 0.717) is 6.42 Å². The van der Waals surface area contributed by atoms with Crippen LogP contribution >= 0.6 is 0 Å². The monoisotopic (exact) mass is 268 g/mol. The first-order chi connectivity index (χ1) is 8.99. The van der Waals surface area contributed by atoms with Gasteiger partial charge in [0.25, 0.3) is 5.69 Å². The largest absolute Gasteiger partial charge is 0.481 e. The summed E-state index contributed by atoms with van der Waals surface area (Å²) >= 11 is 0. The second kappa shape index (κ2) is 6.94. The number of aliphatic carboxylic acids is 1. The lowest BCUT2D eigenvalue weighted by atomic mass is 10.3. The fourth-order valence-electron chi connectivity index (χ4n) is 1.21. The SMILES string of the molecule is O=C(O)CCCNC(=O)Oc1ccc([N+](=O)[O-])cc1. The zero-order chi connectivity index (χ0) is 14.3. The van der Waals surface area contributed by atoms with Crippen molar-refractivity contribution in [3.8, 4) is 5.75 Å². The van der Waals surface area contributed by atoms with Gasteiger partial charge in [-0.1, -0.05) is 0 Å². The molecule has 1 rings (SSSR count). The van der Waals surface area contributed by atoms with Crippen molar-refractivity contribution in [1.82, 2.24) is 5.32 Å². The number of ether oxygens (including phenoxy) is 1. The standard InChI is InChI=1S/C11H12N2O6/c14-10(15)2-1-7-12-11(16)19-9-5-3-8(4-6-9)13(17)18/h3-6H,1-2,7H2,(H,12,16)(H,14,15). The van der Waals surface area contributed by atoms with Crippen molar-refractivity contribution in [2.75, 3.05) is 6.54 Å². The molecule has 0 aliphatic rings. The van der Waals surface area contributed by atoms with Gasteiger partial charge < -0.3 is 15.2 Å². The van der Waals surface area contributed by atoms with Gasteiger partial charge >= 0.3 is 12.1 Å². The quantitative estimate of drug-likeness (QED) is 0.459. The molecule has 0 saturated heterocycles. The van der Waals surface area contributed by atoms with Crippen LogP contribution in [0.3, 0.4) is 0 Å². The summed E-state index contributed by atoms with van der Waals surface area (Å²) in [5, 5.41) is 21.2. The number of carbonyl (C=O) groups excluding carboxylic acids is 1. The molecule has 8 nitrogen and oxygen atoms in total. The highest BCUT2D eigenvalue weighted by Crippen LogP contribution is 2.17. The number of non-ortho nitro benzene ring substituents is 1. The van der Waals surface area contributed by atoms with E-state index in [-0.39, 0.29) is 24.4 Å². The second-order valence-electron chi connectivity index (χ2n) is 3.56. The van der Waals surface area contributed by atoms with E-state index in [1.165, 1.54) is 24.3 Å². The summed E-state index contributed by atoms with van der Waals surface area (Å²) in [6.45, 7) is 0.179. The Morgan fingerprint density at radius 2 is 1.95 bits per heavy atom. The highest BCUT2D eigenvalue weighted by Gasteiger charge is 2.07. The van der Waals surface area contributed by atoms with E-state index in [9.17, 15) is 19.7 Å². The molecular weight excluding hydrogens is 256 g/mol. The van der Waals surface area contributed by atoms with Gasteiger partial charge in [-0.3, -0.25) is 14.9 Å². The Balaban J connectivity index is 2.35. The predicted molar refractivity (Wildman–Crippen MR) is 64.0 cm³/mol. The van der Waals surface area contributed by atoms with Gasteiger partial charge in [-0.05, 0) is 18.6 Å². The Morgan fingerprint density at radius 1 is 1.32 bits per heavy atom. The van der Waals surface area contributed by atoms with Gasteiger partial charge in [-0.25, -0.2) is 4.79 Å². The molecule has 0 fully saturated rings. The number of hydrogen-bond donors (Lipinski definition) is 2. The van der Waals surface area contributed by atoms with E-state index in [1.807, 2.05) is 0 Å². The van der Waals surface area contributed by atoms with E-state index >= 15 is 0 Å². The number of nitro benzene ring substituents is 1. The Morgan fingerprint density at radius 3 is 2.47 bits per heavy atom. The van der Waals surface area contributed by atoms with Crippen LogP contribution in [0.15, 0.2) is 24.3 Å². The molecule has 0 spiro atoms. The van der Waals surface area contributed by atoms with Crippen molar-refractivity contribution in [1.29, 1.82) is 0 Å². The molecule has 0 aliphatic heterocycles. The normalized spacial score (nSPS) is 9.68. The molecule has 0 bridgehead atoms. The minimum atomic E-state index is -0.939. The maximum Gasteiger partial charge on any atom is 0.412 e. The summed E-state index contributed by atoms with van der Waals surface area (Å²) in [4.78, 5) is 31.3. The number of nitro groups is 1. The Hall–Kier alpha value is -2.64. The number of hydrogen-bond acceptors (Lipinski definition) is 5. The van der Waals surface area contributed by atoms with Gasteiger partial charge in [0.15, 0.2) is 0 Å². The summed E-state index contributed by atoms with van der Waals surface area (Å²) < 4.78 is 4.84. The van der Waals surface area contributed by atoms with Crippen molar-refractivity contribution >= 4 is 17.7 Å². The number of rotatable bonds is 6. The third-order valence-electron chi connectivity index (χ3n) is 2.09. The zero-order valence-corrected chi connectivity index (χ0v) is 9.87. The molecular formula is C11H12N2O6. The number of benzene rings is 1. The Kier molecular flexibility index (Phi) is 5.27. The van der Waals surface area contributed by atoms with Crippen LogP contribution in [-0.2, 0) is 4.79 Å². The number of nitrogens with one attached hydrogen (secondary N) is 1. The molecule has 0 unspecified atom stereocenters. The second-order valence-corrected chi connectivity index (χ2v) is 3.56. The van der Waals surface area contributed by atoms with Crippen LogP contribution in [0.5, 0.6) is 5.75 Å². The van der Waals surface area contributed by atoms with Crippen LogP contribution in [0.4, 0.5) is 10.5 Å². The molecule has 2 N–H and O–H groups in total. The van der Waals surface area contributed by atoms with Crippen molar-refractivity contribution < 1.29 is 24.4 Å². The van der Waals surface area contributed by atoms with Crippen LogP contribution in [-0.4, -0.2) is 28.6 Å². The highest BCUT2D eigenvalue weighted by molar-refractivity contribution is 5.70. The third-order valence-corrected chi connectivity index (χ3v) is 2.09. The number of nitrogens with zero attached hydrogens (tertiary/aromatic N) is 1. The average Bonchev–Trinajstić information content (AvgIpc) is 2.35. The molecule has 1 aromatic rings. The van der Waals surface area contributed by atoms with Gasteiger partial charge in [0, 0.05) is 25.1 Å². The number of carbonyl (C=O) groups is 2. The van der Waals surface area contributed by atoms with Crippen LogP contribution in [0, 0.1) is 10.1 Å². The van der Waals surface area contributed by atoms with E-state index in [4.69, 9.17) is 9.84 Å². The van der Waals surface area contributed by atoms with Crippen molar-refractivity contribution in [3.63, 3.8) is 0 Å². The molecule has 102 valence electrons.